The molecule has 4 heterocycles. The van der Waals surface area contributed by atoms with Gasteiger partial charge in [-0.05, 0) is 112 Å². The Bertz CT molecular complexity index is 4320. The second-order valence-electron chi connectivity index (χ2n) is 20.1. The Balaban J connectivity index is 1.07. The van der Waals surface area contributed by atoms with Crippen LogP contribution in [-0.4, -0.2) is 28.7 Å². The molecule has 0 saturated carbocycles. The zero-order chi connectivity index (χ0) is 48.8. The molecule has 0 bridgehead atoms. The summed E-state index contributed by atoms with van der Waals surface area (Å²) in [4.78, 5) is 16.8. The van der Waals surface area contributed by atoms with Gasteiger partial charge >= 0.3 is 0 Å². The van der Waals surface area contributed by atoms with Crippen LogP contribution >= 0.6 is 0 Å². The highest BCUT2D eigenvalue weighted by atomic mass is 15.2. The van der Waals surface area contributed by atoms with Gasteiger partial charge in [-0.15, -0.1) is 0 Å². The predicted octanol–water partition coefficient (Wildman–Crippen LogP) is 17.1. The van der Waals surface area contributed by atoms with Crippen molar-refractivity contribution in [2.45, 2.75) is 26.2 Å². The SMILES string of the molecule is CC(C)(C)c1ccc2c(c1)c1ccccc1n2-c1ccccc1-c1nc(-c2ccccc2-n2c3ccccc3c3ccccc32)nc(-n2c3ccc(-c4ccccc4)cc3c3cc(-c4ccccc4)ccc32)n1. The summed E-state index contributed by atoms with van der Waals surface area (Å²) in [6.45, 7) is 6.83. The largest absolute Gasteiger partial charge is 0.309 e. The molecule has 0 saturated heterocycles. The van der Waals surface area contributed by atoms with Gasteiger partial charge in [-0.25, -0.2) is 4.98 Å². The summed E-state index contributed by atoms with van der Waals surface area (Å²) in [5.41, 5.74) is 16.1. The highest BCUT2D eigenvalue weighted by Gasteiger charge is 2.25. The van der Waals surface area contributed by atoms with E-state index in [0.717, 1.165) is 88.6 Å². The number of benzene rings is 10. The van der Waals surface area contributed by atoms with E-state index >= 15 is 0 Å². The van der Waals surface area contributed by atoms with E-state index in [4.69, 9.17) is 15.0 Å². The minimum Gasteiger partial charge on any atom is -0.309 e. The van der Waals surface area contributed by atoms with Gasteiger partial charge in [-0.3, -0.25) is 4.57 Å². The molecule has 0 aliphatic rings. The molecule has 0 aliphatic carbocycles. The smallest absolute Gasteiger partial charge is 0.238 e. The third-order valence-electron chi connectivity index (χ3n) is 14.7. The van der Waals surface area contributed by atoms with Crippen LogP contribution < -0.4 is 0 Å². The molecule has 6 nitrogen and oxygen atoms in total. The summed E-state index contributed by atoms with van der Waals surface area (Å²) in [7, 11) is 0. The summed E-state index contributed by atoms with van der Waals surface area (Å²) in [6, 6.07) is 84.8. The van der Waals surface area contributed by atoms with Crippen LogP contribution in [-0.2, 0) is 5.41 Å². The minimum absolute atomic E-state index is 0.0124. The van der Waals surface area contributed by atoms with E-state index in [-0.39, 0.29) is 5.41 Å². The highest BCUT2D eigenvalue weighted by Crippen LogP contribution is 2.42. The summed E-state index contributed by atoms with van der Waals surface area (Å²) < 4.78 is 6.99. The van der Waals surface area contributed by atoms with E-state index in [9.17, 15) is 0 Å². The van der Waals surface area contributed by atoms with Crippen molar-refractivity contribution in [3.05, 3.63) is 242 Å². The van der Waals surface area contributed by atoms with E-state index in [1.54, 1.807) is 0 Å². The van der Waals surface area contributed by atoms with Crippen LogP contribution in [0.2, 0.25) is 0 Å². The van der Waals surface area contributed by atoms with Crippen LogP contribution in [0, 0.1) is 0 Å². The van der Waals surface area contributed by atoms with E-state index < -0.39 is 0 Å². The molecule has 14 rings (SSSR count). The lowest BCUT2D eigenvalue weighted by Crippen LogP contribution is -2.10. The van der Waals surface area contributed by atoms with Gasteiger partial charge in [0, 0.05) is 43.4 Å². The van der Waals surface area contributed by atoms with E-state index in [1.807, 2.05) is 0 Å². The Morgan fingerprint density at radius 2 is 0.658 bits per heavy atom. The summed E-state index contributed by atoms with van der Waals surface area (Å²) in [5.74, 6) is 1.67. The third-order valence-corrected chi connectivity index (χ3v) is 14.7. The molecule has 0 N–H and O–H groups in total. The van der Waals surface area contributed by atoms with Gasteiger partial charge in [0.05, 0.1) is 44.5 Å². The third kappa shape index (κ3) is 6.90. The first-order valence-electron chi connectivity index (χ1n) is 25.0. The van der Waals surface area contributed by atoms with Crippen LogP contribution in [0.1, 0.15) is 26.3 Å². The van der Waals surface area contributed by atoms with Crippen molar-refractivity contribution >= 4 is 65.4 Å². The quantitative estimate of drug-likeness (QED) is 0.160. The molecular formula is C67H48N6. The normalized spacial score (nSPS) is 12.0. The van der Waals surface area contributed by atoms with Crippen molar-refractivity contribution in [3.63, 3.8) is 0 Å². The van der Waals surface area contributed by atoms with Gasteiger partial charge in [0.2, 0.25) is 5.95 Å². The van der Waals surface area contributed by atoms with Crippen molar-refractivity contribution in [2.75, 3.05) is 0 Å². The number of aromatic nitrogens is 6. The minimum atomic E-state index is -0.0124. The topological polar surface area (TPSA) is 53.5 Å². The van der Waals surface area contributed by atoms with Gasteiger partial charge in [0.1, 0.15) is 0 Å². The molecule has 0 aliphatic heterocycles. The first kappa shape index (κ1) is 42.5. The maximum Gasteiger partial charge on any atom is 0.238 e. The Kier molecular flexibility index (Phi) is 9.67. The first-order chi connectivity index (χ1) is 35.9. The average Bonchev–Trinajstić information content (AvgIpc) is 4.08. The first-order valence-corrected chi connectivity index (χ1v) is 25.0. The Morgan fingerprint density at radius 1 is 0.288 bits per heavy atom. The van der Waals surface area contributed by atoms with Gasteiger partial charge in [-0.2, -0.15) is 9.97 Å². The molecule has 73 heavy (non-hydrogen) atoms. The predicted molar refractivity (Wildman–Crippen MR) is 303 cm³/mol. The molecule has 14 aromatic rings. The number of para-hydroxylation sites is 5. The fourth-order valence-corrected chi connectivity index (χ4v) is 11.2. The standard InChI is InChI=1S/C67H48N6/c1-67(2,3)47-36-39-61-55(42-47)50-26-12-17-31-58(50)72(61)60-33-19-14-28-52(60)65-68-64(51-27-13-18-32-59(51)71-56-29-15-10-24-48(56)49-25-11-16-30-57(49)71)69-66(70-65)73-62-37-34-45(43-20-6-4-7-21-43)40-53(62)54-41-46(35-38-63(54)73)44-22-8-5-9-23-44/h4-42H,1-3H3. The van der Waals surface area contributed by atoms with Crippen molar-refractivity contribution in [1.82, 2.24) is 28.7 Å². The van der Waals surface area contributed by atoms with Gasteiger partial charge < -0.3 is 9.13 Å². The zero-order valence-corrected chi connectivity index (χ0v) is 40.7. The molecule has 0 amide bonds. The number of fused-ring (bicyclic) bond motifs is 9. The molecule has 0 atom stereocenters. The molecule has 4 aromatic heterocycles. The molecule has 0 spiro atoms. The van der Waals surface area contributed by atoms with Crippen molar-refractivity contribution in [3.8, 4) is 62.4 Å². The van der Waals surface area contributed by atoms with E-state index in [1.165, 1.54) is 27.1 Å². The van der Waals surface area contributed by atoms with Crippen molar-refractivity contribution < 1.29 is 0 Å². The Hall–Kier alpha value is -9.39. The van der Waals surface area contributed by atoms with Gasteiger partial charge in [0.15, 0.2) is 11.6 Å². The van der Waals surface area contributed by atoms with Crippen molar-refractivity contribution in [2.24, 2.45) is 0 Å². The maximum atomic E-state index is 5.62. The zero-order valence-electron chi connectivity index (χ0n) is 40.7. The molecule has 6 heteroatoms. The molecular weight excluding hydrogens is 889 g/mol. The Morgan fingerprint density at radius 3 is 1.14 bits per heavy atom. The second-order valence-corrected chi connectivity index (χ2v) is 20.1. The average molecular weight is 937 g/mol. The van der Waals surface area contributed by atoms with Crippen molar-refractivity contribution in [1.29, 1.82) is 0 Å². The maximum absolute atomic E-state index is 5.62. The number of hydrogen-bond acceptors (Lipinski definition) is 3. The summed E-state index contributed by atoms with van der Waals surface area (Å²) in [6.07, 6.45) is 0. The lowest BCUT2D eigenvalue weighted by Gasteiger charge is -2.19. The van der Waals surface area contributed by atoms with E-state index in [2.05, 4.69) is 271 Å². The molecule has 10 aromatic carbocycles. The van der Waals surface area contributed by atoms with Crippen LogP contribution in [0.4, 0.5) is 0 Å². The fourth-order valence-electron chi connectivity index (χ4n) is 11.2. The molecule has 346 valence electrons. The molecule has 0 radical (unpaired) electrons. The monoisotopic (exact) mass is 936 g/mol. The number of rotatable bonds is 7. The van der Waals surface area contributed by atoms with Crippen LogP contribution in [0.25, 0.3) is 128 Å². The van der Waals surface area contributed by atoms with Gasteiger partial charge in [0.25, 0.3) is 0 Å². The van der Waals surface area contributed by atoms with Crippen LogP contribution in [0.5, 0.6) is 0 Å². The molecule has 0 fully saturated rings. The van der Waals surface area contributed by atoms with Gasteiger partial charge in [-0.1, -0.05) is 178 Å². The summed E-state index contributed by atoms with van der Waals surface area (Å²) in [5, 5.41) is 7.02. The lowest BCUT2D eigenvalue weighted by atomic mass is 9.86. The number of hydrogen-bond donors (Lipinski definition) is 0. The van der Waals surface area contributed by atoms with E-state index in [0.29, 0.717) is 17.6 Å². The second kappa shape index (κ2) is 16.6. The number of nitrogens with zero attached hydrogens (tertiary/aromatic N) is 6. The van der Waals surface area contributed by atoms with Crippen LogP contribution in [0.3, 0.4) is 0 Å². The Labute approximate surface area is 422 Å². The van der Waals surface area contributed by atoms with Crippen LogP contribution in [0.15, 0.2) is 237 Å². The fraction of sp³-hybridized carbons (Fsp3) is 0.0597. The highest BCUT2D eigenvalue weighted by molar-refractivity contribution is 6.13. The lowest BCUT2D eigenvalue weighted by molar-refractivity contribution is 0.591. The molecule has 0 unspecified atom stereocenters. The summed E-state index contributed by atoms with van der Waals surface area (Å²) >= 11 is 0.